The smallest absolute Gasteiger partial charge is 0.236 e. The summed E-state index contributed by atoms with van der Waals surface area (Å²) in [5.41, 5.74) is 1.08. The van der Waals surface area contributed by atoms with Crippen LogP contribution in [0.3, 0.4) is 0 Å². The molecule has 0 saturated heterocycles. The molecule has 0 saturated carbocycles. The second kappa shape index (κ2) is 7.06. The van der Waals surface area contributed by atoms with Crippen molar-refractivity contribution in [2.45, 2.75) is 39.3 Å². The van der Waals surface area contributed by atoms with Crippen LogP contribution in [0.5, 0.6) is 0 Å². The number of aromatic nitrogens is 2. The number of nitrogens with one attached hydrogen (secondary N) is 2. The van der Waals surface area contributed by atoms with Crippen LogP contribution in [0.2, 0.25) is 0 Å². The number of hydrogen-bond donors (Lipinski definition) is 2. The second-order valence-corrected chi connectivity index (χ2v) is 4.27. The number of aryl methyl sites for hydroxylation is 1. The van der Waals surface area contributed by atoms with Crippen LogP contribution in [-0.2, 0) is 18.4 Å². The third-order valence-corrected chi connectivity index (χ3v) is 2.59. The maximum atomic E-state index is 11.6. The number of carbonyl (C=O) groups is 1. The SMILES string of the molecule is CCCCNC(=O)C(C)NCc1cnn(C)c1. The highest BCUT2D eigenvalue weighted by atomic mass is 16.2. The fraction of sp³-hybridized carbons (Fsp3) is 0.667. The van der Waals surface area contributed by atoms with Crippen molar-refractivity contribution in [1.82, 2.24) is 20.4 Å². The van der Waals surface area contributed by atoms with Crippen LogP contribution in [0.4, 0.5) is 0 Å². The first-order chi connectivity index (χ1) is 8.13. The molecule has 1 amide bonds. The van der Waals surface area contributed by atoms with Gasteiger partial charge in [0.1, 0.15) is 0 Å². The molecule has 0 bridgehead atoms. The third-order valence-electron chi connectivity index (χ3n) is 2.59. The van der Waals surface area contributed by atoms with Gasteiger partial charge in [0, 0.05) is 31.9 Å². The lowest BCUT2D eigenvalue weighted by Crippen LogP contribution is -2.42. The molecule has 2 N–H and O–H groups in total. The summed E-state index contributed by atoms with van der Waals surface area (Å²) in [4.78, 5) is 11.6. The van der Waals surface area contributed by atoms with Crippen LogP contribution in [0.25, 0.3) is 0 Å². The molecule has 0 aliphatic carbocycles. The lowest BCUT2D eigenvalue weighted by atomic mass is 10.2. The van der Waals surface area contributed by atoms with Gasteiger partial charge in [-0.25, -0.2) is 0 Å². The van der Waals surface area contributed by atoms with E-state index in [0.717, 1.165) is 24.9 Å². The van der Waals surface area contributed by atoms with E-state index in [1.807, 2.05) is 20.2 Å². The van der Waals surface area contributed by atoms with E-state index >= 15 is 0 Å². The lowest BCUT2D eigenvalue weighted by molar-refractivity contribution is -0.122. The Bertz CT molecular complexity index is 348. The number of carbonyl (C=O) groups excluding carboxylic acids is 1. The largest absolute Gasteiger partial charge is 0.355 e. The van der Waals surface area contributed by atoms with Gasteiger partial charge in [0.05, 0.1) is 12.2 Å². The Balaban J connectivity index is 2.24. The molecule has 1 atom stereocenters. The van der Waals surface area contributed by atoms with E-state index in [0.29, 0.717) is 6.54 Å². The molecular weight excluding hydrogens is 216 g/mol. The molecule has 1 rings (SSSR count). The Labute approximate surface area is 103 Å². The number of unbranched alkanes of at least 4 members (excludes halogenated alkanes) is 1. The first kappa shape index (κ1) is 13.7. The van der Waals surface area contributed by atoms with Gasteiger partial charge in [-0.15, -0.1) is 0 Å². The summed E-state index contributed by atoms with van der Waals surface area (Å²) in [6.07, 6.45) is 5.86. The Morgan fingerprint density at radius 1 is 1.59 bits per heavy atom. The fourth-order valence-electron chi connectivity index (χ4n) is 1.47. The minimum Gasteiger partial charge on any atom is -0.355 e. The number of nitrogens with zero attached hydrogens (tertiary/aromatic N) is 2. The zero-order valence-electron chi connectivity index (χ0n) is 10.9. The minimum absolute atomic E-state index is 0.0577. The van der Waals surface area contributed by atoms with Crippen molar-refractivity contribution in [3.63, 3.8) is 0 Å². The maximum Gasteiger partial charge on any atom is 0.236 e. The van der Waals surface area contributed by atoms with E-state index in [1.165, 1.54) is 0 Å². The number of rotatable bonds is 7. The van der Waals surface area contributed by atoms with Crippen molar-refractivity contribution < 1.29 is 4.79 Å². The molecule has 0 aliphatic rings. The molecule has 0 aromatic carbocycles. The summed E-state index contributed by atoms with van der Waals surface area (Å²) in [7, 11) is 1.88. The van der Waals surface area contributed by atoms with Crippen molar-refractivity contribution in [2.24, 2.45) is 7.05 Å². The zero-order valence-corrected chi connectivity index (χ0v) is 10.9. The van der Waals surface area contributed by atoms with Crippen LogP contribution in [0.15, 0.2) is 12.4 Å². The van der Waals surface area contributed by atoms with Crippen molar-refractivity contribution in [3.8, 4) is 0 Å². The van der Waals surface area contributed by atoms with Crippen LogP contribution in [-0.4, -0.2) is 28.3 Å². The summed E-state index contributed by atoms with van der Waals surface area (Å²) in [6, 6.07) is -0.174. The van der Waals surface area contributed by atoms with Gasteiger partial charge in [-0.05, 0) is 13.3 Å². The van der Waals surface area contributed by atoms with Crippen LogP contribution < -0.4 is 10.6 Å². The molecule has 0 spiro atoms. The molecular formula is C12H22N4O. The number of hydrogen-bond acceptors (Lipinski definition) is 3. The van der Waals surface area contributed by atoms with Crippen molar-refractivity contribution in [3.05, 3.63) is 18.0 Å². The van der Waals surface area contributed by atoms with E-state index in [1.54, 1.807) is 10.9 Å². The van der Waals surface area contributed by atoms with Gasteiger partial charge in [-0.1, -0.05) is 13.3 Å². The van der Waals surface area contributed by atoms with Crippen LogP contribution in [0.1, 0.15) is 32.3 Å². The molecule has 0 fully saturated rings. The van der Waals surface area contributed by atoms with Gasteiger partial charge >= 0.3 is 0 Å². The highest BCUT2D eigenvalue weighted by Gasteiger charge is 2.11. The lowest BCUT2D eigenvalue weighted by Gasteiger charge is -2.13. The zero-order chi connectivity index (χ0) is 12.7. The predicted octanol–water partition coefficient (Wildman–Crippen LogP) is 0.814. The molecule has 0 aliphatic heterocycles. The van der Waals surface area contributed by atoms with E-state index in [9.17, 15) is 4.79 Å². The molecule has 96 valence electrons. The first-order valence-corrected chi connectivity index (χ1v) is 6.12. The summed E-state index contributed by atoms with van der Waals surface area (Å²) >= 11 is 0. The molecule has 0 radical (unpaired) electrons. The Hall–Kier alpha value is -1.36. The normalized spacial score (nSPS) is 12.4. The second-order valence-electron chi connectivity index (χ2n) is 4.27. The van der Waals surface area contributed by atoms with Crippen LogP contribution in [0, 0.1) is 0 Å². The van der Waals surface area contributed by atoms with Crippen molar-refractivity contribution >= 4 is 5.91 Å². The highest BCUT2D eigenvalue weighted by molar-refractivity contribution is 5.81. The van der Waals surface area contributed by atoms with E-state index in [-0.39, 0.29) is 11.9 Å². The Morgan fingerprint density at radius 2 is 2.35 bits per heavy atom. The average molecular weight is 238 g/mol. The first-order valence-electron chi connectivity index (χ1n) is 6.12. The van der Waals surface area contributed by atoms with Crippen molar-refractivity contribution in [1.29, 1.82) is 0 Å². The van der Waals surface area contributed by atoms with Gasteiger partial charge in [-0.3, -0.25) is 9.48 Å². The summed E-state index contributed by atoms with van der Waals surface area (Å²) in [6.45, 7) is 5.40. The molecule has 5 heteroatoms. The third kappa shape index (κ3) is 4.99. The molecule has 1 aromatic heterocycles. The number of amides is 1. The van der Waals surface area contributed by atoms with Gasteiger partial charge in [-0.2, -0.15) is 5.10 Å². The maximum absolute atomic E-state index is 11.6. The van der Waals surface area contributed by atoms with Gasteiger partial charge in [0.25, 0.3) is 0 Å². The molecule has 5 nitrogen and oxygen atoms in total. The quantitative estimate of drug-likeness (QED) is 0.691. The monoisotopic (exact) mass is 238 g/mol. The topological polar surface area (TPSA) is 59.0 Å². The standard InChI is InChI=1S/C12H22N4O/c1-4-5-6-13-12(17)10(2)14-7-11-8-15-16(3)9-11/h8-10,14H,4-7H2,1-3H3,(H,13,17). The summed E-state index contributed by atoms with van der Waals surface area (Å²) in [5, 5.41) is 10.2. The van der Waals surface area contributed by atoms with Gasteiger partial charge < -0.3 is 10.6 Å². The molecule has 17 heavy (non-hydrogen) atoms. The van der Waals surface area contributed by atoms with Crippen molar-refractivity contribution in [2.75, 3.05) is 6.54 Å². The summed E-state index contributed by atoms with van der Waals surface area (Å²) < 4.78 is 1.75. The highest BCUT2D eigenvalue weighted by Crippen LogP contribution is 1.96. The average Bonchev–Trinajstić information content (AvgIpc) is 2.72. The molecule has 1 heterocycles. The Morgan fingerprint density at radius 3 is 2.94 bits per heavy atom. The van der Waals surface area contributed by atoms with E-state index in [4.69, 9.17) is 0 Å². The van der Waals surface area contributed by atoms with Crippen LogP contribution >= 0.6 is 0 Å². The fourth-order valence-corrected chi connectivity index (χ4v) is 1.47. The predicted molar refractivity (Wildman–Crippen MR) is 67.4 cm³/mol. The summed E-state index contributed by atoms with van der Waals surface area (Å²) in [5.74, 6) is 0.0577. The van der Waals surface area contributed by atoms with Gasteiger partial charge in [0.2, 0.25) is 5.91 Å². The molecule has 1 aromatic rings. The Kier molecular flexibility index (Phi) is 5.69. The van der Waals surface area contributed by atoms with E-state index < -0.39 is 0 Å². The van der Waals surface area contributed by atoms with Gasteiger partial charge in [0.15, 0.2) is 0 Å². The van der Waals surface area contributed by atoms with E-state index in [2.05, 4.69) is 22.7 Å². The molecule has 1 unspecified atom stereocenters. The minimum atomic E-state index is -0.174.